The van der Waals surface area contributed by atoms with Crippen LogP contribution in [0.3, 0.4) is 0 Å². The van der Waals surface area contributed by atoms with E-state index in [9.17, 15) is 8.76 Å². The van der Waals surface area contributed by atoms with Crippen molar-refractivity contribution in [1.82, 2.24) is 0 Å². The first-order valence-electron chi connectivity index (χ1n) is 1.67. The van der Waals surface area contributed by atoms with Gasteiger partial charge in [-0.2, -0.15) is 0 Å². The molecule has 0 saturated carbocycles. The van der Waals surface area contributed by atoms with Crippen molar-refractivity contribution in [2.75, 3.05) is 5.75 Å². The Balaban J connectivity index is 3.56. The van der Waals surface area contributed by atoms with Crippen molar-refractivity contribution in [3.8, 4) is 0 Å². The molecule has 0 rings (SSSR count). The first-order valence-corrected chi connectivity index (χ1v) is 4.62. The Labute approximate surface area is 66.9 Å². The molecule has 0 N–H and O–H groups in total. The highest BCUT2D eigenvalue weighted by molar-refractivity contribution is 9.14. The zero-order valence-corrected chi connectivity index (χ0v) is 7.75. The van der Waals surface area contributed by atoms with E-state index in [-0.39, 0.29) is 5.75 Å². The van der Waals surface area contributed by atoms with E-state index in [0.29, 0.717) is 4.48 Å². The van der Waals surface area contributed by atoms with Crippen LogP contribution in [0.4, 0.5) is 0 Å². The molecule has 0 aromatic carbocycles. The van der Waals surface area contributed by atoms with E-state index in [4.69, 9.17) is 0 Å². The fourth-order valence-electron chi connectivity index (χ4n) is 0.144. The summed E-state index contributed by atoms with van der Waals surface area (Å²) in [5.41, 5.74) is 0. The number of halogens is 2. The lowest BCUT2D eigenvalue weighted by atomic mass is 10.8. The molecule has 8 heavy (non-hydrogen) atoms. The molecule has 1 atom stereocenters. The highest BCUT2D eigenvalue weighted by Gasteiger charge is 1.86. The molecule has 5 heteroatoms. The number of rotatable bonds is 2. The van der Waals surface area contributed by atoms with Gasteiger partial charge in [0, 0.05) is 10.2 Å². The molecule has 0 aliphatic heterocycles. The average molecular weight is 263 g/mol. The summed E-state index contributed by atoms with van der Waals surface area (Å²) in [4.78, 5) is 1.52. The molecular formula is C3H3Br2O2S-. The first-order chi connectivity index (χ1) is 3.66. The van der Waals surface area contributed by atoms with Crippen LogP contribution in [0.2, 0.25) is 0 Å². The summed E-state index contributed by atoms with van der Waals surface area (Å²) in [5.74, 6) is 0.0330. The smallest absolute Gasteiger partial charge is 0.0424 e. The minimum Gasteiger partial charge on any atom is -0.772 e. The Morgan fingerprint density at radius 2 is 2.38 bits per heavy atom. The largest absolute Gasteiger partial charge is 0.772 e. The van der Waals surface area contributed by atoms with Gasteiger partial charge >= 0.3 is 0 Å². The predicted octanol–water partition coefficient (Wildman–Crippen LogP) is 1.50. The van der Waals surface area contributed by atoms with Gasteiger partial charge in [-0.1, -0.05) is 42.9 Å². The fraction of sp³-hybridized carbons (Fsp3) is 0.333. The molecule has 0 aliphatic carbocycles. The van der Waals surface area contributed by atoms with E-state index in [1.807, 2.05) is 0 Å². The third kappa shape index (κ3) is 4.96. The third-order valence-corrected chi connectivity index (χ3v) is 2.97. The van der Waals surface area contributed by atoms with Gasteiger partial charge in [0.1, 0.15) is 0 Å². The van der Waals surface area contributed by atoms with E-state index in [2.05, 4.69) is 31.9 Å². The summed E-state index contributed by atoms with van der Waals surface area (Å²) < 4.78 is 20.4. The Morgan fingerprint density at radius 1 is 1.88 bits per heavy atom. The van der Waals surface area contributed by atoms with Crippen molar-refractivity contribution in [1.29, 1.82) is 0 Å². The minimum atomic E-state index is -1.99. The molecule has 0 aliphatic rings. The van der Waals surface area contributed by atoms with Gasteiger partial charge in [0.25, 0.3) is 0 Å². The van der Waals surface area contributed by atoms with Gasteiger partial charge in [-0.3, -0.25) is 4.21 Å². The van der Waals surface area contributed by atoms with Gasteiger partial charge in [0.2, 0.25) is 0 Å². The normalized spacial score (nSPS) is 16.1. The third-order valence-electron chi connectivity index (χ3n) is 0.374. The predicted molar refractivity (Wildman–Crippen MR) is 39.7 cm³/mol. The molecule has 0 fully saturated rings. The second-order valence-electron chi connectivity index (χ2n) is 1.00. The Morgan fingerprint density at radius 3 is 2.50 bits per heavy atom. The van der Waals surface area contributed by atoms with Gasteiger partial charge in [-0.15, -0.1) is 0 Å². The molecule has 0 aromatic heterocycles. The summed E-state index contributed by atoms with van der Waals surface area (Å²) in [7, 11) is 0. The molecule has 2 nitrogen and oxygen atoms in total. The highest BCUT2D eigenvalue weighted by Crippen LogP contribution is 2.07. The molecule has 0 bridgehead atoms. The molecule has 1 unspecified atom stereocenters. The summed E-state index contributed by atoms with van der Waals surface area (Å²) in [6, 6.07) is 0. The van der Waals surface area contributed by atoms with E-state index in [1.165, 1.54) is 4.99 Å². The molecular weight excluding hydrogens is 260 g/mol. The second-order valence-corrected chi connectivity index (χ2v) is 3.38. The van der Waals surface area contributed by atoms with Crippen molar-refractivity contribution < 1.29 is 8.76 Å². The van der Waals surface area contributed by atoms with Crippen LogP contribution in [0, 0.1) is 0 Å². The zero-order valence-electron chi connectivity index (χ0n) is 3.77. The van der Waals surface area contributed by atoms with E-state index in [1.54, 1.807) is 0 Å². The Bertz CT molecular complexity index is 122. The topological polar surface area (TPSA) is 40.1 Å². The van der Waals surface area contributed by atoms with E-state index in [0.717, 1.165) is 0 Å². The number of hydrogen-bond donors (Lipinski definition) is 0. The molecule has 0 amide bonds. The zero-order chi connectivity index (χ0) is 6.57. The van der Waals surface area contributed by atoms with Crippen molar-refractivity contribution in [3.63, 3.8) is 0 Å². The number of hydrogen-bond acceptors (Lipinski definition) is 2. The van der Waals surface area contributed by atoms with Gasteiger partial charge in [0.15, 0.2) is 0 Å². The summed E-state index contributed by atoms with van der Waals surface area (Å²) in [5, 5.41) is 0. The molecule has 0 heterocycles. The minimum absolute atomic E-state index is 0.0330. The monoisotopic (exact) mass is 261 g/mol. The van der Waals surface area contributed by atoms with Gasteiger partial charge in [-0.05, 0) is 4.99 Å². The van der Waals surface area contributed by atoms with Crippen LogP contribution in [0.1, 0.15) is 0 Å². The molecule has 48 valence electrons. The van der Waals surface area contributed by atoms with Crippen molar-refractivity contribution in [3.05, 3.63) is 9.47 Å². The van der Waals surface area contributed by atoms with E-state index >= 15 is 0 Å². The summed E-state index contributed by atoms with van der Waals surface area (Å²) in [6.07, 6.45) is 0. The van der Waals surface area contributed by atoms with Crippen LogP contribution >= 0.6 is 31.9 Å². The van der Waals surface area contributed by atoms with Crippen molar-refractivity contribution >= 4 is 42.9 Å². The summed E-state index contributed by atoms with van der Waals surface area (Å²) in [6.45, 7) is 0. The van der Waals surface area contributed by atoms with Crippen LogP contribution in [-0.4, -0.2) is 14.5 Å². The maximum Gasteiger partial charge on any atom is 0.0424 e. The highest BCUT2D eigenvalue weighted by atomic mass is 79.9. The van der Waals surface area contributed by atoms with Crippen LogP contribution in [0.15, 0.2) is 9.47 Å². The average Bonchev–Trinajstić information content (AvgIpc) is 1.65. The van der Waals surface area contributed by atoms with Crippen LogP contribution < -0.4 is 0 Å². The van der Waals surface area contributed by atoms with Gasteiger partial charge in [0.05, 0.1) is 0 Å². The van der Waals surface area contributed by atoms with Crippen molar-refractivity contribution in [2.45, 2.75) is 0 Å². The SMILES string of the molecule is O=S([O-])CC(Br)=CBr. The molecule has 0 radical (unpaired) electrons. The molecule has 0 aromatic rings. The maximum absolute atomic E-state index is 9.88. The molecule has 0 saturated heterocycles. The Kier molecular flexibility index (Phi) is 5.14. The maximum atomic E-state index is 9.88. The quantitative estimate of drug-likeness (QED) is 0.708. The van der Waals surface area contributed by atoms with Crippen LogP contribution in [0.5, 0.6) is 0 Å². The van der Waals surface area contributed by atoms with Crippen molar-refractivity contribution in [2.24, 2.45) is 0 Å². The van der Waals surface area contributed by atoms with Crippen LogP contribution in [0.25, 0.3) is 0 Å². The second kappa shape index (κ2) is 4.67. The lowest BCUT2D eigenvalue weighted by Gasteiger charge is -2.00. The fourth-order valence-corrected chi connectivity index (χ4v) is 1.39. The lowest BCUT2D eigenvalue weighted by Crippen LogP contribution is -1.92. The van der Waals surface area contributed by atoms with E-state index < -0.39 is 11.1 Å². The van der Waals surface area contributed by atoms with Gasteiger partial charge in [-0.25, -0.2) is 0 Å². The van der Waals surface area contributed by atoms with Crippen LogP contribution in [-0.2, 0) is 11.1 Å². The standard InChI is InChI=1S/C3H4Br2O2S/c4-1-3(5)2-8(6)7/h1H,2H2,(H,6,7)/p-1. The van der Waals surface area contributed by atoms with Gasteiger partial charge < -0.3 is 4.55 Å². The summed E-state index contributed by atoms with van der Waals surface area (Å²) >= 11 is 3.97. The lowest BCUT2D eigenvalue weighted by molar-refractivity contribution is 0.540. The first kappa shape index (κ1) is 8.81. The molecule has 0 spiro atoms. The Hall–Kier alpha value is 0.810.